The highest BCUT2D eigenvalue weighted by atomic mass is 127. The fraction of sp³-hybridized carbons (Fsp3) is 0.500. The van der Waals surface area contributed by atoms with Gasteiger partial charge in [0.25, 0.3) is 0 Å². The molecule has 5 heteroatoms. The van der Waals surface area contributed by atoms with E-state index in [0.29, 0.717) is 13.0 Å². The zero-order valence-corrected chi connectivity index (χ0v) is 12.5. The summed E-state index contributed by atoms with van der Waals surface area (Å²) in [6, 6.07) is 8.21. The molecule has 2 N–H and O–H groups in total. The normalized spacial score (nSPS) is 27.2. The molecule has 3 nitrogen and oxygen atoms in total. The fourth-order valence-corrected chi connectivity index (χ4v) is 4.94. The minimum atomic E-state index is -2.88. The molecule has 0 spiro atoms. The van der Waals surface area contributed by atoms with Crippen molar-refractivity contribution in [2.24, 2.45) is 11.1 Å². The Morgan fingerprint density at radius 3 is 2.41 bits per heavy atom. The van der Waals surface area contributed by atoms with Gasteiger partial charge in [-0.05, 0) is 59.7 Å². The van der Waals surface area contributed by atoms with Crippen LogP contribution in [0.4, 0.5) is 0 Å². The highest BCUT2D eigenvalue weighted by Crippen LogP contribution is 2.34. The predicted octanol–water partition coefficient (Wildman–Crippen LogP) is 1.60. The Bertz CT molecular complexity index is 498. The summed E-state index contributed by atoms with van der Waals surface area (Å²) in [5.74, 6) is 0.525. The van der Waals surface area contributed by atoms with Gasteiger partial charge in [-0.15, -0.1) is 0 Å². The largest absolute Gasteiger partial charge is 0.330 e. The first-order valence-electron chi connectivity index (χ1n) is 5.60. The van der Waals surface area contributed by atoms with Gasteiger partial charge in [-0.2, -0.15) is 0 Å². The summed E-state index contributed by atoms with van der Waals surface area (Å²) in [6.45, 7) is 0.443. The van der Waals surface area contributed by atoms with Crippen LogP contribution >= 0.6 is 22.6 Å². The Labute approximate surface area is 116 Å². The number of rotatable bonds is 3. The van der Waals surface area contributed by atoms with E-state index in [9.17, 15) is 8.42 Å². The molecule has 1 aromatic carbocycles. The van der Waals surface area contributed by atoms with Crippen LogP contribution in [0.1, 0.15) is 12.0 Å². The second-order valence-corrected chi connectivity index (χ2v) is 8.28. The zero-order valence-electron chi connectivity index (χ0n) is 9.52. The third-order valence-electron chi connectivity index (χ3n) is 3.39. The summed E-state index contributed by atoms with van der Waals surface area (Å²) in [5.41, 5.74) is 6.73. The van der Waals surface area contributed by atoms with Crippen molar-refractivity contribution < 1.29 is 8.42 Å². The van der Waals surface area contributed by atoms with E-state index in [0.717, 1.165) is 6.42 Å². The van der Waals surface area contributed by atoms with E-state index in [1.165, 1.54) is 9.13 Å². The molecular weight excluding hydrogens is 349 g/mol. The van der Waals surface area contributed by atoms with E-state index in [-0.39, 0.29) is 16.9 Å². The number of sulfone groups is 1. The number of halogens is 1. The number of benzene rings is 1. The van der Waals surface area contributed by atoms with Gasteiger partial charge < -0.3 is 5.73 Å². The first-order chi connectivity index (χ1) is 7.95. The zero-order chi connectivity index (χ0) is 12.5. The smallest absolute Gasteiger partial charge is 0.150 e. The molecule has 0 bridgehead atoms. The van der Waals surface area contributed by atoms with Crippen molar-refractivity contribution in [2.75, 3.05) is 18.1 Å². The monoisotopic (exact) mass is 365 g/mol. The molecule has 1 aromatic rings. The van der Waals surface area contributed by atoms with Crippen molar-refractivity contribution in [3.8, 4) is 0 Å². The van der Waals surface area contributed by atoms with Crippen LogP contribution in [0.2, 0.25) is 0 Å². The van der Waals surface area contributed by atoms with Gasteiger partial charge in [0.05, 0.1) is 11.5 Å². The maximum atomic E-state index is 11.6. The molecule has 0 amide bonds. The van der Waals surface area contributed by atoms with Gasteiger partial charge in [0, 0.05) is 8.99 Å². The molecule has 1 aliphatic heterocycles. The number of nitrogens with two attached hydrogens (primary N) is 1. The molecule has 0 saturated carbocycles. The Morgan fingerprint density at radius 1 is 1.29 bits per heavy atom. The van der Waals surface area contributed by atoms with Crippen LogP contribution in [0.5, 0.6) is 0 Å². The minimum Gasteiger partial charge on any atom is -0.330 e. The summed E-state index contributed by atoms with van der Waals surface area (Å²) < 4.78 is 24.4. The highest BCUT2D eigenvalue weighted by Gasteiger charge is 2.41. The lowest BCUT2D eigenvalue weighted by Gasteiger charge is -2.25. The predicted molar refractivity (Wildman–Crippen MR) is 77.6 cm³/mol. The van der Waals surface area contributed by atoms with Crippen molar-refractivity contribution in [1.82, 2.24) is 0 Å². The van der Waals surface area contributed by atoms with Gasteiger partial charge in [-0.3, -0.25) is 0 Å². The van der Waals surface area contributed by atoms with Gasteiger partial charge >= 0.3 is 0 Å². The minimum absolute atomic E-state index is 0.239. The average molecular weight is 365 g/mol. The lowest BCUT2D eigenvalue weighted by molar-refractivity contribution is 0.344. The molecule has 1 unspecified atom stereocenters. The average Bonchev–Trinajstić information content (AvgIpc) is 2.59. The van der Waals surface area contributed by atoms with E-state index in [4.69, 9.17) is 5.73 Å². The van der Waals surface area contributed by atoms with Crippen molar-refractivity contribution >= 4 is 32.4 Å². The van der Waals surface area contributed by atoms with E-state index < -0.39 is 9.84 Å². The van der Waals surface area contributed by atoms with Crippen LogP contribution in [0.15, 0.2) is 24.3 Å². The van der Waals surface area contributed by atoms with Crippen molar-refractivity contribution in [3.63, 3.8) is 0 Å². The topological polar surface area (TPSA) is 60.2 Å². The van der Waals surface area contributed by atoms with E-state index in [2.05, 4.69) is 34.7 Å². The van der Waals surface area contributed by atoms with Crippen LogP contribution in [-0.2, 0) is 16.3 Å². The molecular formula is C12H16INO2S. The lowest BCUT2D eigenvalue weighted by atomic mass is 9.81. The molecule has 17 heavy (non-hydrogen) atoms. The highest BCUT2D eigenvalue weighted by molar-refractivity contribution is 14.1. The SMILES string of the molecule is NCC1(Cc2ccc(I)cc2)CCS(=O)(=O)C1. The van der Waals surface area contributed by atoms with Gasteiger partial charge in [0.1, 0.15) is 0 Å². The third kappa shape index (κ3) is 3.20. The van der Waals surface area contributed by atoms with E-state index in [1.807, 2.05) is 12.1 Å². The van der Waals surface area contributed by atoms with Crippen molar-refractivity contribution in [3.05, 3.63) is 33.4 Å². The Balaban J connectivity index is 2.18. The Hall–Kier alpha value is -0.140. The van der Waals surface area contributed by atoms with Gasteiger partial charge in [-0.25, -0.2) is 8.42 Å². The van der Waals surface area contributed by atoms with Gasteiger partial charge in [0.2, 0.25) is 0 Å². The molecule has 0 aromatic heterocycles. The van der Waals surface area contributed by atoms with Crippen LogP contribution in [0.3, 0.4) is 0 Å². The molecule has 1 atom stereocenters. The first kappa shape index (κ1) is 13.3. The second kappa shape index (κ2) is 4.85. The lowest BCUT2D eigenvalue weighted by Crippen LogP contribution is -2.34. The molecule has 0 radical (unpaired) electrons. The van der Waals surface area contributed by atoms with Crippen LogP contribution < -0.4 is 5.73 Å². The maximum absolute atomic E-state index is 11.6. The Kier molecular flexibility index (Phi) is 3.80. The summed E-state index contributed by atoms with van der Waals surface area (Å²) in [4.78, 5) is 0. The van der Waals surface area contributed by atoms with E-state index in [1.54, 1.807) is 0 Å². The molecule has 1 saturated heterocycles. The summed E-state index contributed by atoms with van der Waals surface area (Å²) in [6.07, 6.45) is 1.46. The van der Waals surface area contributed by atoms with Crippen LogP contribution in [0, 0.1) is 8.99 Å². The standard InChI is InChI=1S/C12H16INO2S/c13-11-3-1-10(2-4-11)7-12(8-14)5-6-17(15,16)9-12/h1-4H,5-9,14H2. The van der Waals surface area contributed by atoms with E-state index >= 15 is 0 Å². The molecule has 1 fully saturated rings. The third-order valence-corrected chi connectivity index (χ3v) is 5.99. The first-order valence-corrected chi connectivity index (χ1v) is 8.50. The summed E-state index contributed by atoms with van der Waals surface area (Å²) in [7, 11) is -2.88. The fourth-order valence-electron chi connectivity index (χ4n) is 2.39. The summed E-state index contributed by atoms with van der Waals surface area (Å²) in [5, 5.41) is 0. The summed E-state index contributed by atoms with van der Waals surface area (Å²) >= 11 is 2.26. The van der Waals surface area contributed by atoms with Crippen molar-refractivity contribution in [2.45, 2.75) is 12.8 Å². The van der Waals surface area contributed by atoms with Gasteiger partial charge in [-0.1, -0.05) is 12.1 Å². The molecule has 1 heterocycles. The van der Waals surface area contributed by atoms with Gasteiger partial charge in [0.15, 0.2) is 9.84 Å². The Morgan fingerprint density at radius 2 is 1.94 bits per heavy atom. The molecule has 1 aliphatic rings. The maximum Gasteiger partial charge on any atom is 0.150 e. The number of hydrogen-bond donors (Lipinski definition) is 1. The molecule has 0 aliphatic carbocycles. The van der Waals surface area contributed by atoms with Crippen LogP contribution in [-0.4, -0.2) is 26.5 Å². The quantitative estimate of drug-likeness (QED) is 0.828. The second-order valence-electron chi connectivity index (χ2n) is 4.85. The van der Waals surface area contributed by atoms with Crippen molar-refractivity contribution in [1.29, 1.82) is 0 Å². The number of hydrogen-bond acceptors (Lipinski definition) is 3. The molecule has 94 valence electrons. The van der Waals surface area contributed by atoms with Crippen LogP contribution in [0.25, 0.3) is 0 Å². The molecule has 2 rings (SSSR count).